The average Bonchev–Trinajstić information content (AvgIpc) is 2.06. The Morgan fingerprint density at radius 2 is 2.00 bits per heavy atom. The summed E-state index contributed by atoms with van der Waals surface area (Å²) in [4.78, 5) is 0.666. The number of alkyl halides is 1. The van der Waals surface area contributed by atoms with Gasteiger partial charge in [-0.15, -0.1) is 0 Å². The predicted octanol–water partition coefficient (Wildman–Crippen LogP) is 3.60. The molecule has 0 unspecified atom stereocenters. The maximum Gasteiger partial charge on any atom is 0.133 e. The van der Waals surface area contributed by atoms with Gasteiger partial charge in [0.1, 0.15) is 11.9 Å². The molecular formula is C10H10BrIO. The number of halogens is 2. The topological polar surface area (TPSA) is 9.23 Å². The lowest BCUT2D eigenvalue weighted by atomic mass is 9.96. The van der Waals surface area contributed by atoms with Crippen LogP contribution in [-0.2, 0) is 0 Å². The Morgan fingerprint density at radius 3 is 2.62 bits per heavy atom. The van der Waals surface area contributed by atoms with E-state index in [1.54, 1.807) is 0 Å². The molecule has 1 aliphatic rings. The van der Waals surface area contributed by atoms with E-state index in [9.17, 15) is 0 Å². The highest BCUT2D eigenvalue weighted by atomic mass is 127. The molecule has 0 spiro atoms. The second-order valence-corrected chi connectivity index (χ2v) is 5.70. The van der Waals surface area contributed by atoms with Crippen LogP contribution in [0, 0.1) is 3.57 Å². The minimum atomic E-state index is 0.417. The van der Waals surface area contributed by atoms with Crippen LogP contribution in [0.1, 0.15) is 12.8 Å². The van der Waals surface area contributed by atoms with E-state index in [1.807, 2.05) is 18.2 Å². The summed E-state index contributed by atoms with van der Waals surface area (Å²) in [5.41, 5.74) is 0. The highest BCUT2D eigenvalue weighted by Gasteiger charge is 2.28. The summed E-state index contributed by atoms with van der Waals surface area (Å²) < 4.78 is 7.01. The standard InChI is InChI=1S/C10H10BrIO/c11-7-5-8(6-7)13-10-4-2-1-3-9(10)12/h1-4,7-8H,5-6H2. The quantitative estimate of drug-likeness (QED) is 0.583. The van der Waals surface area contributed by atoms with E-state index in [1.165, 1.54) is 3.57 Å². The van der Waals surface area contributed by atoms with Crippen molar-refractivity contribution in [3.05, 3.63) is 27.8 Å². The lowest BCUT2D eigenvalue weighted by Gasteiger charge is -2.31. The summed E-state index contributed by atoms with van der Waals surface area (Å²) in [6.45, 7) is 0. The van der Waals surface area contributed by atoms with Gasteiger partial charge in [-0.2, -0.15) is 0 Å². The van der Waals surface area contributed by atoms with Crippen LogP contribution < -0.4 is 4.74 Å². The molecular weight excluding hydrogens is 343 g/mol. The molecule has 0 radical (unpaired) electrons. The summed E-state index contributed by atoms with van der Waals surface area (Å²) in [6, 6.07) is 8.15. The maximum absolute atomic E-state index is 5.81. The van der Waals surface area contributed by atoms with Gasteiger partial charge in [-0.25, -0.2) is 0 Å². The molecule has 13 heavy (non-hydrogen) atoms. The molecule has 2 rings (SSSR count). The van der Waals surface area contributed by atoms with Crippen LogP contribution in [0.15, 0.2) is 24.3 Å². The number of hydrogen-bond donors (Lipinski definition) is 0. The van der Waals surface area contributed by atoms with E-state index < -0.39 is 0 Å². The van der Waals surface area contributed by atoms with Crippen molar-refractivity contribution >= 4 is 38.5 Å². The van der Waals surface area contributed by atoms with Gasteiger partial charge >= 0.3 is 0 Å². The number of hydrogen-bond acceptors (Lipinski definition) is 1. The lowest BCUT2D eigenvalue weighted by Crippen LogP contribution is -2.34. The molecule has 0 amide bonds. The molecule has 1 saturated carbocycles. The van der Waals surface area contributed by atoms with Crippen molar-refractivity contribution in [2.24, 2.45) is 0 Å². The Balaban J connectivity index is 1.98. The van der Waals surface area contributed by atoms with E-state index in [-0.39, 0.29) is 0 Å². The Bertz CT molecular complexity index is 297. The van der Waals surface area contributed by atoms with Crippen LogP contribution in [0.4, 0.5) is 0 Å². The van der Waals surface area contributed by atoms with Crippen molar-refractivity contribution in [2.45, 2.75) is 23.8 Å². The largest absolute Gasteiger partial charge is 0.489 e. The number of benzene rings is 1. The third-order valence-electron chi connectivity index (χ3n) is 2.17. The molecule has 0 heterocycles. The molecule has 1 aromatic carbocycles. The van der Waals surface area contributed by atoms with Gasteiger partial charge in [0.15, 0.2) is 0 Å². The van der Waals surface area contributed by atoms with E-state index in [0.29, 0.717) is 10.9 Å². The molecule has 70 valence electrons. The molecule has 1 nitrogen and oxygen atoms in total. The summed E-state index contributed by atoms with van der Waals surface area (Å²) in [5.74, 6) is 1.02. The van der Waals surface area contributed by atoms with Crippen LogP contribution in [-0.4, -0.2) is 10.9 Å². The zero-order valence-electron chi connectivity index (χ0n) is 7.04. The number of rotatable bonds is 2. The van der Waals surface area contributed by atoms with E-state index in [0.717, 1.165) is 18.6 Å². The highest BCUT2D eigenvalue weighted by molar-refractivity contribution is 14.1. The molecule has 0 saturated heterocycles. The Morgan fingerprint density at radius 1 is 1.31 bits per heavy atom. The van der Waals surface area contributed by atoms with Gasteiger partial charge < -0.3 is 4.74 Å². The lowest BCUT2D eigenvalue weighted by molar-refractivity contribution is 0.127. The molecule has 0 aliphatic heterocycles. The van der Waals surface area contributed by atoms with Crippen molar-refractivity contribution in [1.29, 1.82) is 0 Å². The van der Waals surface area contributed by atoms with Gasteiger partial charge in [-0.05, 0) is 47.6 Å². The average molecular weight is 353 g/mol. The van der Waals surface area contributed by atoms with E-state index >= 15 is 0 Å². The first-order valence-corrected chi connectivity index (χ1v) is 6.30. The minimum absolute atomic E-state index is 0.417. The summed E-state index contributed by atoms with van der Waals surface area (Å²) in [7, 11) is 0. The first kappa shape index (κ1) is 9.77. The zero-order valence-corrected chi connectivity index (χ0v) is 10.8. The van der Waals surface area contributed by atoms with Crippen molar-refractivity contribution in [3.8, 4) is 5.75 Å². The van der Waals surface area contributed by atoms with Crippen molar-refractivity contribution in [2.75, 3.05) is 0 Å². The zero-order chi connectivity index (χ0) is 9.26. The molecule has 1 aromatic rings. The monoisotopic (exact) mass is 352 g/mol. The van der Waals surface area contributed by atoms with E-state index in [4.69, 9.17) is 4.74 Å². The van der Waals surface area contributed by atoms with Gasteiger partial charge in [0.25, 0.3) is 0 Å². The van der Waals surface area contributed by atoms with Crippen LogP contribution in [0.2, 0.25) is 0 Å². The Kier molecular flexibility index (Phi) is 3.14. The second-order valence-electron chi connectivity index (χ2n) is 3.24. The molecule has 0 bridgehead atoms. The summed E-state index contributed by atoms with van der Waals surface area (Å²) >= 11 is 5.85. The van der Waals surface area contributed by atoms with Crippen LogP contribution >= 0.6 is 38.5 Å². The number of para-hydroxylation sites is 1. The van der Waals surface area contributed by atoms with Crippen LogP contribution in [0.25, 0.3) is 0 Å². The highest BCUT2D eigenvalue weighted by Crippen LogP contribution is 2.32. The predicted molar refractivity (Wildman–Crippen MR) is 65.5 cm³/mol. The third-order valence-corrected chi connectivity index (χ3v) is 3.81. The smallest absolute Gasteiger partial charge is 0.133 e. The van der Waals surface area contributed by atoms with Crippen molar-refractivity contribution in [3.63, 3.8) is 0 Å². The van der Waals surface area contributed by atoms with Gasteiger partial charge in [-0.1, -0.05) is 28.1 Å². The van der Waals surface area contributed by atoms with Gasteiger partial charge in [-0.3, -0.25) is 0 Å². The number of ether oxygens (including phenoxy) is 1. The molecule has 1 aliphatic carbocycles. The fourth-order valence-electron chi connectivity index (χ4n) is 1.32. The van der Waals surface area contributed by atoms with Crippen LogP contribution in [0.3, 0.4) is 0 Å². The summed E-state index contributed by atoms with van der Waals surface area (Å²) in [5, 5.41) is 0. The SMILES string of the molecule is BrC1CC(Oc2ccccc2I)C1. The third kappa shape index (κ3) is 2.37. The first-order valence-electron chi connectivity index (χ1n) is 4.31. The minimum Gasteiger partial charge on any atom is -0.489 e. The van der Waals surface area contributed by atoms with E-state index in [2.05, 4.69) is 44.6 Å². The Hall–Kier alpha value is 0.230. The van der Waals surface area contributed by atoms with Gasteiger partial charge in [0, 0.05) is 4.83 Å². The molecule has 3 heteroatoms. The molecule has 0 aromatic heterocycles. The maximum atomic E-state index is 5.81. The summed E-state index contributed by atoms with van der Waals surface area (Å²) in [6.07, 6.45) is 2.68. The van der Waals surface area contributed by atoms with Gasteiger partial charge in [0.05, 0.1) is 3.57 Å². The fraction of sp³-hybridized carbons (Fsp3) is 0.400. The normalized spacial score (nSPS) is 26.6. The van der Waals surface area contributed by atoms with Crippen molar-refractivity contribution in [1.82, 2.24) is 0 Å². The fourth-order valence-corrected chi connectivity index (χ4v) is 2.67. The molecule has 0 atom stereocenters. The Labute approximate surface area is 100 Å². The second kappa shape index (κ2) is 4.17. The molecule has 1 fully saturated rings. The van der Waals surface area contributed by atoms with Crippen molar-refractivity contribution < 1.29 is 4.74 Å². The first-order chi connectivity index (χ1) is 6.25. The molecule has 0 N–H and O–H groups in total. The van der Waals surface area contributed by atoms with Gasteiger partial charge in [0.2, 0.25) is 0 Å². The van der Waals surface area contributed by atoms with Crippen LogP contribution in [0.5, 0.6) is 5.75 Å².